The highest BCUT2D eigenvalue weighted by Gasteiger charge is 2.19. The van der Waals surface area contributed by atoms with E-state index in [1.807, 2.05) is 38.1 Å². The van der Waals surface area contributed by atoms with Crippen molar-refractivity contribution in [2.24, 2.45) is 0 Å². The lowest BCUT2D eigenvalue weighted by Gasteiger charge is -2.10. The molecule has 2 aromatic heterocycles. The first kappa shape index (κ1) is 19.0. The Morgan fingerprint density at radius 1 is 1.15 bits per heavy atom. The molecule has 0 atom stereocenters. The average molecular weight is 382 g/mol. The van der Waals surface area contributed by atoms with Gasteiger partial charge in [0, 0.05) is 23.5 Å². The van der Waals surface area contributed by atoms with E-state index < -0.39 is 5.97 Å². The zero-order valence-corrected chi connectivity index (χ0v) is 16.5. The van der Waals surface area contributed by atoms with Gasteiger partial charge >= 0.3 is 5.97 Å². The molecule has 5 nitrogen and oxygen atoms in total. The van der Waals surface area contributed by atoms with Crippen LogP contribution in [0.3, 0.4) is 0 Å². The Morgan fingerprint density at radius 3 is 2.56 bits per heavy atom. The number of hydrogen-bond donors (Lipinski definition) is 0. The minimum Gasteiger partial charge on any atom is -0.453 e. The van der Waals surface area contributed by atoms with Gasteiger partial charge in [-0.15, -0.1) is 11.3 Å². The normalized spacial score (nSPS) is 10.8. The molecule has 0 radical (unpaired) electrons. The Kier molecular flexibility index (Phi) is 5.86. The molecule has 0 amide bonds. The van der Waals surface area contributed by atoms with Crippen LogP contribution in [0.4, 0.5) is 0 Å². The van der Waals surface area contributed by atoms with Gasteiger partial charge in [-0.1, -0.05) is 30.3 Å². The fourth-order valence-corrected chi connectivity index (χ4v) is 3.78. The summed E-state index contributed by atoms with van der Waals surface area (Å²) in [6.07, 6.45) is 0.893. The van der Waals surface area contributed by atoms with Crippen LogP contribution in [0.1, 0.15) is 42.7 Å². The number of benzene rings is 1. The number of nitrogens with zero attached hydrogens (tertiary/aromatic N) is 2. The number of carbonyl (C=O) groups is 2. The van der Waals surface area contributed by atoms with Crippen LogP contribution in [0.15, 0.2) is 41.9 Å². The third-order valence-corrected chi connectivity index (χ3v) is 5.51. The lowest BCUT2D eigenvalue weighted by molar-refractivity contribution is 0.0478. The van der Waals surface area contributed by atoms with Crippen LogP contribution in [0.25, 0.3) is 0 Å². The molecule has 0 aliphatic carbocycles. The van der Waals surface area contributed by atoms with Crippen LogP contribution in [-0.4, -0.2) is 27.9 Å². The maximum Gasteiger partial charge on any atom is 0.350 e. The molecule has 0 saturated heterocycles. The van der Waals surface area contributed by atoms with Crippen molar-refractivity contribution in [3.8, 4) is 0 Å². The number of ether oxygens (including phenoxy) is 1. The molecule has 2 heterocycles. The van der Waals surface area contributed by atoms with Gasteiger partial charge in [-0.2, -0.15) is 0 Å². The molecule has 6 heteroatoms. The Morgan fingerprint density at radius 2 is 1.89 bits per heavy atom. The van der Waals surface area contributed by atoms with Crippen LogP contribution in [-0.2, 0) is 17.7 Å². The van der Waals surface area contributed by atoms with Crippen molar-refractivity contribution in [2.75, 3.05) is 6.61 Å². The summed E-state index contributed by atoms with van der Waals surface area (Å²) in [7, 11) is 0. The van der Waals surface area contributed by atoms with E-state index in [9.17, 15) is 9.59 Å². The van der Waals surface area contributed by atoms with Crippen LogP contribution in [0, 0.1) is 20.8 Å². The Hall–Kier alpha value is -2.73. The van der Waals surface area contributed by atoms with Gasteiger partial charge in [-0.05, 0) is 38.8 Å². The molecule has 0 aliphatic heterocycles. The monoisotopic (exact) mass is 382 g/mol. The lowest BCUT2D eigenvalue weighted by atomic mass is 10.1. The number of hydrogen-bond acceptors (Lipinski definition) is 5. The number of Topliss-reactive ketones (excluding diaryl/α,β-unsaturated/α-hetero) is 1. The average Bonchev–Trinajstić information content (AvgIpc) is 3.22. The van der Waals surface area contributed by atoms with Gasteiger partial charge in [0.05, 0.1) is 11.2 Å². The number of ketones is 1. The largest absolute Gasteiger partial charge is 0.453 e. The predicted octanol–water partition coefficient (Wildman–Crippen LogP) is 4.15. The summed E-state index contributed by atoms with van der Waals surface area (Å²) in [6, 6.07) is 12.1. The number of thiazole rings is 1. The molecular weight excluding hydrogens is 360 g/mol. The van der Waals surface area contributed by atoms with Gasteiger partial charge in [-0.25, -0.2) is 9.78 Å². The van der Waals surface area contributed by atoms with Crippen LogP contribution >= 0.6 is 11.3 Å². The van der Waals surface area contributed by atoms with Crippen LogP contribution in [0.5, 0.6) is 0 Å². The number of carbonyl (C=O) groups excluding carboxylic acids is 2. The SMILES string of the molecule is Cc1ncsc1C(=O)OCC(=O)c1cc(C)n(CCc2ccccc2)c1C. The van der Waals surface area contributed by atoms with Crippen molar-refractivity contribution in [1.82, 2.24) is 9.55 Å². The summed E-state index contributed by atoms with van der Waals surface area (Å²) in [5, 5.41) is 0. The molecule has 0 aliphatic rings. The van der Waals surface area contributed by atoms with E-state index in [4.69, 9.17) is 4.74 Å². The van der Waals surface area contributed by atoms with Crippen LogP contribution < -0.4 is 0 Å². The Balaban J connectivity index is 1.65. The smallest absolute Gasteiger partial charge is 0.350 e. The standard InChI is InChI=1S/C21H22N2O3S/c1-14-11-18(16(3)23(14)10-9-17-7-5-4-6-8-17)19(24)12-26-21(25)20-15(2)22-13-27-20/h4-8,11,13H,9-10,12H2,1-3H3. The van der Waals surface area contributed by atoms with E-state index in [2.05, 4.69) is 21.7 Å². The van der Waals surface area contributed by atoms with Crippen molar-refractivity contribution in [3.05, 3.63) is 75.0 Å². The zero-order chi connectivity index (χ0) is 19.4. The van der Waals surface area contributed by atoms with E-state index in [1.165, 1.54) is 16.9 Å². The van der Waals surface area contributed by atoms with E-state index in [-0.39, 0.29) is 12.4 Å². The minimum absolute atomic E-state index is 0.190. The molecule has 27 heavy (non-hydrogen) atoms. The van der Waals surface area contributed by atoms with E-state index in [1.54, 1.807) is 12.4 Å². The first-order chi connectivity index (χ1) is 13.0. The Bertz CT molecular complexity index is 957. The van der Waals surface area contributed by atoms with Crippen molar-refractivity contribution >= 4 is 23.1 Å². The summed E-state index contributed by atoms with van der Waals surface area (Å²) < 4.78 is 7.32. The molecule has 140 valence electrons. The van der Waals surface area contributed by atoms with E-state index in [0.29, 0.717) is 16.1 Å². The fraction of sp³-hybridized carbons (Fsp3) is 0.286. The first-order valence-electron chi connectivity index (χ1n) is 8.78. The van der Waals surface area contributed by atoms with Crippen LogP contribution in [0.2, 0.25) is 0 Å². The molecular formula is C21H22N2O3S. The second-order valence-corrected chi connectivity index (χ2v) is 7.29. The number of esters is 1. The van der Waals surface area contributed by atoms with Crippen molar-refractivity contribution in [3.63, 3.8) is 0 Å². The molecule has 0 fully saturated rings. The highest BCUT2D eigenvalue weighted by molar-refractivity contribution is 7.11. The third-order valence-electron chi connectivity index (χ3n) is 4.61. The quantitative estimate of drug-likeness (QED) is 0.455. The zero-order valence-electron chi connectivity index (χ0n) is 15.7. The summed E-state index contributed by atoms with van der Waals surface area (Å²) in [6.45, 7) is 6.20. The lowest BCUT2D eigenvalue weighted by Crippen LogP contribution is -2.15. The van der Waals surface area contributed by atoms with Gasteiger partial charge in [0.2, 0.25) is 5.78 Å². The molecule has 0 bridgehead atoms. The van der Waals surface area contributed by atoms with Gasteiger partial charge < -0.3 is 9.30 Å². The molecule has 0 N–H and O–H groups in total. The summed E-state index contributed by atoms with van der Waals surface area (Å²) in [5.74, 6) is -0.689. The molecule has 3 aromatic rings. The molecule has 0 spiro atoms. The van der Waals surface area contributed by atoms with E-state index >= 15 is 0 Å². The van der Waals surface area contributed by atoms with Gasteiger partial charge in [0.15, 0.2) is 6.61 Å². The maximum atomic E-state index is 12.6. The minimum atomic E-state index is -0.499. The molecule has 0 saturated carbocycles. The molecule has 0 unspecified atom stereocenters. The second kappa shape index (κ2) is 8.31. The van der Waals surface area contributed by atoms with Crippen molar-refractivity contribution in [2.45, 2.75) is 33.7 Å². The number of aryl methyl sites for hydroxylation is 3. The summed E-state index contributed by atoms with van der Waals surface area (Å²) in [5.41, 5.74) is 6.00. The summed E-state index contributed by atoms with van der Waals surface area (Å²) in [4.78, 5) is 29.1. The van der Waals surface area contributed by atoms with E-state index in [0.717, 1.165) is 24.4 Å². The van der Waals surface area contributed by atoms with Gasteiger partial charge in [0.1, 0.15) is 4.88 Å². The van der Waals surface area contributed by atoms with Gasteiger partial charge in [-0.3, -0.25) is 4.79 Å². The highest BCUT2D eigenvalue weighted by Crippen LogP contribution is 2.18. The Labute approximate surface area is 162 Å². The molecule has 1 aromatic carbocycles. The number of aromatic nitrogens is 2. The maximum absolute atomic E-state index is 12.6. The first-order valence-corrected chi connectivity index (χ1v) is 9.66. The van der Waals surface area contributed by atoms with Gasteiger partial charge in [0.25, 0.3) is 0 Å². The summed E-state index contributed by atoms with van der Waals surface area (Å²) >= 11 is 1.22. The fourth-order valence-electron chi connectivity index (χ4n) is 3.09. The van der Waals surface area contributed by atoms with Crippen molar-refractivity contribution < 1.29 is 14.3 Å². The molecule has 3 rings (SSSR count). The third kappa shape index (κ3) is 4.34. The van der Waals surface area contributed by atoms with Crippen molar-refractivity contribution in [1.29, 1.82) is 0 Å². The highest BCUT2D eigenvalue weighted by atomic mass is 32.1. The second-order valence-electron chi connectivity index (χ2n) is 6.44. The topological polar surface area (TPSA) is 61.2 Å². The predicted molar refractivity (Wildman–Crippen MR) is 106 cm³/mol. The number of rotatable bonds is 7.